The molecule has 25 heavy (non-hydrogen) atoms. The van der Waals surface area contributed by atoms with Crippen molar-refractivity contribution in [2.45, 2.75) is 51.5 Å². The molecule has 2 aromatic heterocycles. The molecule has 0 aromatic carbocycles. The summed E-state index contributed by atoms with van der Waals surface area (Å²) in [6.07, 6.45) is 11.2. The van der Waals surface area contributed by atoms with E-state index in [-0.39, 0.29) is 11.9 Å². The summed E-state index contributed by atoms with van der Waals surface area (Å²) in [6, 6.07) is 4.53. The van der Waals surface area contributed by atoms with Gasteiger partial charge in [0.25, 0.3) is 0 Å². The largest absolute Gasteiger partial charge is 0.325 e. The fraction of sp³-hybridized carbons (Fsp3) is 0.500. The minimum absolute atomic E-state index is 0.0289. The third-order valence-corrected chi connectivity index (χ3v) is 6.69. The lowest BCUT2D eigenvalue weighted by Gasteiger charge is -2.27. The zero-order valence-corrected chi connectivity index (χ0v) is 15.6. The van der Waals surface area contributed by atoms with Gasteiger partial charge in [-0.25, -0.2) is 0 Å². The van der Waals surface area contributed by atoms with E-state index in [0.29, 0.717) is 0 Å². The number of nitrogens with zero attached hydrogens (tertiary/aromatic N) is 1. The summed E-state index contributed by atoms with van der Waals surface area (Å²) in [5.74, 6) is 0.0289. The Balaban J connectivity index is 1.85. The number of hydrogen-bond donors (Lipinski definition) is 2. The Morgan fingerprint density at radius 3 is 2.76 bits per heavy atom. The van der Waals surface area contributed by atoms with Gasteiger partial charge in [0.1, 0.15) is 11.0 Å². The fourth-order valence-electron chi connectivity index (χ4n) is 4.42. The molecule has 0 radical (unpaired) electrons. The highest BCUT2D eigenvalue weighted by atomic mass is 32.1. The number of likely N-dealkylation sites (tertiary alicyclic amines) is 1. The van der Waals surface area contributed by atoms with Crippen molar-refractivity contribution in [2.75, 3.05) is 18.4 Å². The number of anilines is 1. The number of amides is 1. The van der Waals surface area contributed by atoms with E-state index in [9.17, 15) is 4.79 Å². The summed E-state index contributed by atoms with van der Waals surface area (Å²) in [4.78, 5) is 19.3. The Bertz CT molecular complexity index is 750. The van der Waals surface area contributed by atoms with Crippen molar-refractivity contribution in [3.63, 3.8) is 0 Å². The van der Waals surface area contributed by atoms with Crippen LogP contribution in [0.2, 0.25) is 0 Å². The fourth-order valence-corrected chi connectivity index (χ4v) is 5.79. The van der Waals surface area contributed by atoms with Crippen molar-refractivity contribution < 1.29 is 9.69 Å². The Morgan fingerprint density at radius 2 is 2.04 bits per heavy atom. The van der Waals surface area contributed by atoms with Crippen LogP contribution in [0.4, 0.5) is 5.00 Å². The first-order chi connectivity index (χ1) is 12.2. The van der Waals surface area contributed by atoms with Gasteiger partial charge in [0, 0.05) is 42.6 Å². The quantitative estimate of drug-likeness (QED) is 0.885. The highest BCUT2D eigenvalue weighted by molar-refractivity contribution is 7.16. The second kappa shape index (κ2) is 7.26. The second-order valence-electron chi connectivity index (χ2n) is 7.22. The van der Waals surface area contributed by atoms with Crippen molar-refractivity contribution >= 4 is 22.2 Å². The van der Waals surface area contributed by atoms with E-state index in [1.54, 1.807) is 23.2 Å². The number of aryl methyl sites for hydroxylation is 1. The zero-order chi connectivity index (χ0) is 17.2. The van der Waals surface area contributed by atoms with Crippen LogP contribution in [0.5, 0.6) is 0 Å². The maximum absolute atomic E-state index is 11.8. The molecule has 4 nitrogen and oxygen atoms in total. The van der Waals surface area contributed by atoms with Crippen LogP contribution in [-0.4, -0.2) is 24.0 Å². The van der Waals surface area contributed by atoms with Crippen LogP contribution in [0.3, 0.4) is 0 Å². The van der Waals surface area contributed by atoms with E-state index in [1.165, 1.54) is 60.3 Å². The van der Waals surface area contributed by atoms with Gasteiger partial charge in [-0.2, -0.15) is 0 Å². The SMILES string of the molecule is CC(=O)Nc1sc2c(c1C(c1cccnc1)[NH+]1CCCC1)CCCC2. The molecule has 1 saturated heterocycles. The summed E-state index contributed by atoms with van der Waals surface area (Å²) >= 11 is 1.81. The van der Waals surface area contributed by atoms with Crippen molar-refractivity contribution in [2.24, 2.45) is 0 Å². The number of thiophene rings is 1. The highest BCUT2D eigenvalue weighted by Crippen LogP contribution is 2.42. The normalized spacial score (nSPS) is 18.8. The summed E-state index contributed by atoms with van der Waals surface area (Å²) in [5.41, 5.74) is 4.16. The summed E-state index contributed by atoms with van der Waals surface area (Å²) in [6.45, 7) is 4.01. The zero-order valence-electron chi connectivity index (χ0n) is 14.8. The number of hydrogen-bond acceptors (Lipinski definition) is 3. The predicted molar refractivity (Wildman–Crippen MR) is 101 cm³/mol. The number of rotatable bonds is 4. The van der Waals surface area contributed by atoms with Crippen molar-refractivity contribution in [3.05, 3.63) is 46.1 Å². The van der Waals surface area contributed by atoms with Gasteiger partial charge in [-0.05, 0) is 43.4 Å². The highest BCUT2D eigenvalue weighted by Gasteiger charge is 2.36. The molecule has 2 aromatic rings. The molecular formula is C20H26N3OS+. The molecule has 4 rings (SSSR count). The van der Waals surface area contributed by atoms with E-state index >= 15 is 0 Å². The molecule has 132 valence electrons. The smallest absolute Gasteiger partial charge is 0.221 e. The number of pyridine rings is 1. The van der Waals surface area contributed by atoms with Gasteiger partial charge in [0.2, 0.25) is 5.91 Å². The van der Waals surface area contributed by atoms with E-state index in [4.69, 9.17) is 0 Å². The first-order valence-electron chi connectivity index (χ1n) is 9.40. The third kappa shape index (κ3) is 3.35. The average Bonchev–Trinajstić information content (AvgIpc) is 3.25. The summed E-state index contributed by atoms with van der Waals surface area (Å²) in [5, 5.41) is 4.23. The standard InChI is InChI=1S/C20H25N3OS/c1-14(24)22-20-18(16-8-2-3-9-17(16)25-20)19(23-11-4-5-12-23)15-7-6-10-21-13-15/h6-7,10,13,19H,2-5,8-9,11-12H2,1H3,(H,22,24)/p+1. The van der Waals surface area contributed by atoms with Gasteiger partial charge in [-0.1, -0.05) is 0 Å². The molecule has 1 amide bonds. The lowest BCUT2D eigenvalue weighted by Crippen LogP contribution is -3.10. The van der Waals surface area contributed by atoms with E-state index in [2.05, 4.69) is 16.4 Å². The molecule has 0 saturated carbocycles. The van der Waals surface area contributed by atoms with Crippen LogP contribution in [0.1, 0.15) is 60.2 Å². The molecule has 0 bridgehead atoms. The topological polar surface area (TPSA) is 46.4 Å². The van der Waals surface area contributed by atoms with Crippen molar-refractivity contribution in [1.29, 1.82) is 0 Å². The van der Waals surface area contributed by atoms with Gasteiger partial charge in [0.15, 0.2) is 0 Å². The van der Waals surface area contributed by atoms with Gasteiger partial charge in [-0.3, -0.25) is 9.78 Å². The molecule has 1 aliphatic carbocycles. The molecule has 5 heteroatoms. The maximum Gasteiger partial charge on any atom is 0.221 e. The maximum atomic E-state index is 11.8. The molecule has 1 aliphatic heterocycles. The Morgan fingerprint density at radius 1 is 1.24 bits per heavy atom. The van der Waals surface area contributed by atoms with E-state index in [1.807, 2.05) is 18.5 Å². The first-order valence-corrected chi connectivity index (χ1v) is 10.2. The lowest BCUT2D eigenvalue weighted by molar-refractivity contribution is -0.913. The van der Waals surface area contributed by atoms with Crippen molar-refractivity contribution in [3.8, 4) is 0 Å². The monoisotopic (exact) mass is 356 g/mol. The number of aromatic nitrogens is 1. The van der Waals surface area contributed by atoms with Gasteiger partial charge >= 0.3 is 0 Å². The number of quaternary nitrogens is 1. The van der Waals surface area contributed by atoms with E-state index < -0.39 is 0 Å². The Labute approximate surface area is 153 Å². The van der Waals surface area contributed by atoms with E-state index in [0.717, 1.165) is 17.8 Å². The van der Waals surface area contributed by atoms with Gasteiger partial charge < -0.3 is 10.2 Å². The summed E-state index contributed by atoms with van der Waals surface area (Å²) in [7, 11) is 0. The second-order valence-corrected chi connectivity index (χ2v) is 8.32. The van der Waals surface area contributed by atoms with Gasteiger partial charge in [-0.15, -0.1) is 11.3 Å². The lowest BCUT2D eigenvalue weighted by atomic mass is 9.89. The predicted octanol–water partition coefficient (Wildman–Crippen LogP) is 2.75. The molecule has 0 spiro atoms. The Hall–Kier alpha value is -1.72. The number of carbonyl (C=O) groups is 1. The molecule has 3 heterocycles. The third-order valence-electron chi connectivity index (χ3n) is 5.46. The number of nitrogens with one attached hydrogen (secondary N) is 2. The van der Waals surface area contributed by atoms with Crippen LogP contribution in [0, 0.1) is 0 Å². The van der Waals surface area contributed by atoms with Crippen molar-refractivity contribution in [1.82, 2.24) is 4.98 Å². The van der Waals surface area contributed by atoms with Crippen LogP contribution < -0.4 is 10.2 Å². The first kappa shape index (κ1) is 16.7. The molecule has 2 aliphatic rings. The summed E-state index contributed by atoms with van der Waals surface area (Å²) < 4.78 is 0. The van der Waals surface area contributed by atoms with Crippen LogP contribution in [-0.2, 0) is 17.6 Å². The molecular weight excluding hydrogens is 330 g/mol. The number of carbonyl (C=O) groups excluding carboxylic acids is 1. The Kier molecular flexibility index (Phi) is 4.86. The van der Waals surface area contributed by atoms with Crippen LogP contribution >= 0.6 is 11.3 Å². The van der Waals surface area contributed by atoms with Gasteiger partial charge in [0.05, 0.1) is 18.7 Å². The average molecular weight is 357 g/mol. The van der Waals surface area contributed by atoms with Crippen LogP contribution in [0.25, 0.3) is 0 Å². The molecule has 1 fully saturated rings. The van der Waals surface area contributed by atoms with Crippen LogP contribution in [0.15, 0.2) is 24.5 Å². The minimum atomic E-state index is 0.0289. The minimum Gasteiger partial charge on any atom is -0.325 e. The molecule has 1 unspecified atom stereocenters. The molecule has 2 N–H and O–H groups in total. The number of fused-ring (bicyclic) bond motifs is 1. The molecule has 1 atom stereocenters.